The van der Waals surface area contributed by atoms with E-state index in [1.165, 1.54) is 0 Å². The lowest BCUT2D eigenvalue weighted by Crippen LogP contribution is -2.38. The maximum Gasteiger partial charge on any atom is 0.253 e. The SMILES string of the molecule is Cn1ccnc1SCCNC(=O)c1ccccc1N1CCOCC1. The van der Waals surface area contributed by atoms with Crippen molar-refractivity contribution in [2.45, 2.75) is 5.16 Å². The summed E-state index contributed by atoms with van der Waals surface area (Å²) in [6.07, 6.45) is 3.69. The van der Waals surface area contributed by atoms with Gasteiger partial charge >= 0.3 is 0 Å². The van der Waals surface area contributed by atoms with Crippen LogP contribution in [0.3, 0.4) is 0 Å². The van der Waals surface area contributed by atoms with Gasteiger partial charge in [-0.15, -0.1) is 0 Å². The summed E-state index contributed by atoms with van der Waals surface area (Å²) in [6, 6.07) is 7.76. The van der Waals surface area contributed by atoms with Crippen LogP contribution in [0.25, 0.3) is 0 Å². The Bertz CT molecular complexity index is 683. The molecule has 1 saturated heterocycles. The standard InChI is InChI=1S/C17H22N4O2S/c1-20-8-6-19-17(20)24-13-7-18-16(22)14-4-2-3-5-15(14)21-9-11-23-12-10-21/h2-6,8H,7,9-13H2,1H3,(H,18,22). The van der Waals surface area contributed by atoms with E-state index in [1.54, 1.807) is 18.0 Å². The molecule has 6 nitrogen and oxygen atoms in total. The van der Waals surface area contributed by atoms with E-state index in [0.29, 0.717) is 19.8 Å². The van der Waals surface area contributed by atoms with Crippen molar-refractivity contribution in [3.05, 3.63) is 42.2 Å². The minimum Gasteiger partial charge on any atom is -0.378 e. The number of rotatable bonds is 6. The fraction of sp³-hybridized carbons (Fsp3) is 0.412. The number of morpholine rings is 1. The molecule has 1 N–H and O–H groups in total. The summed E-state index contributed by atoms with van der Waals surface area (Å²) in [4.78, 5) is 19.0. The summed E-state index contributed by atoms with van der Waals surface area (Å²) < 4.78 is 7.37. The lowest BCUT2D eigenvalue weighted by Gasteiger charge is -2.30. The summed E-state index contributed by atoms with van der Waals surface area (Å²) in [6.45, 7) is 3.65. The normalized spacial score (nSPS) is 14.6. The molecule has 2 heterocycles. The monoisotopic (exact) mass is 346 g/mol. The number of imidazole rings is 1. The number of ether oxygens (including phenoxy) is 1. The summed E-state index contributed by atoms with van der Waals surface area (Å²) in [7, 11) is 1.96. The number of thioether (sulfide) groups is 1. The van der Waals surface area contributed by atoms with Gasteiger partial charge < -0.3 is 19.5 Å². The molecule has 2 aromatic rings. The maximum absolute atomic E-state index is 12.5. The molecule has 24 heavy (non-hydrogen) atoms. The molecule has 0 bridgehead atoms. The molecule has 1 aromatic heterocycles. The Morgan fingerprint density at radius 3 is 2.88 bits per heavy atom. The van der Waals surface area contributed by atoms with E-state index < -0.39 is 0 Å². The van der Waals surface area contributed by atoms with Crippen molar-refractivity contribution in [3.8, 4) is 0 Å². The van der Waals surface area contributed by atoms with Crippen molar-refractivity contribution >= 4 is 23.4 Å². The van der Waals surface area contributed by atoms with Crippen molar-refractivity contribution < 1.29 is 9.53 Å². The minimum absolute atomic E-state index is 0.0301. The van der Waals surface area contributed by atoms with E-state index in [4.69, 9.17) is 4.74 Å². The first-order valence-electron chi connectivity index (χ1n) is 8.06. The number of hydrogen-bond donors (Lipinski definition) is 1. The lowest BCUT2D eigenvalue weighted by atomic mass is 10.1. The number of carbonyl (C=O) groups excluding carboxylic acids is 1. The number of aromatic nitrogens is 2. The van der Waals surface area contributed by atoms with E-state index in [1.807, 2.05) is 42.1 Å². The molecule has 1 aliphatic rings. The quantitative estimate of drug-likeness (QED) is 0.638. The molecule has 1 fully saturated rings. The van der Waals surface area contributed by atoms with E-state index >= 15 is 0 Å². The third-order valence-corrected chi connectivity index (χ3v) is 4.96. The van der Waals surface area contributed by atoms with Crippen molar-refractivity contribution in [2.75, 3.05) is 43.5 Å². The Morgan fingerprint density at radius 1 is 1.33 bits per heavy atom. The number of amides is 1. The zero-order valence-corrected chi connectivity index (χ0v) is 14.6. The molecule has 3 rings (SSSR count). The Labute approximate surface area is 146 Å². The topological polar surface area (TPSA) is 59.4 Å². The number of nitrogens with zero attached hydrogens (tertiary/aromatic N) is 3. The fourth-order valence-corrected chi connectivity index (χ4v) is 3.43. The van der Waals surface area contributed by atoms with Crippen LogP contribution in [0.2, 0.25) is 0 Å². The van der Waals surface area contributed by atoms with Crippen LogP contribution in [0, 0.1) is 0 Å². The van der Waals surface area contributed by atoms with Gasteiger partial charge in [0, 0.05) is 50.5 Å². The van der Waals surface area contributed by atoms with Crippen LogP contribution < -0.4 is 10.2 Å². The van der Waals surface area contributed by atoms with Gasteiger partial charge in [-0.3, -0.25) is 4.79 Å². The van der Waals surface area contributed by atoms with E-state index in [2.05, 4.69) is 15.2 Å². The predicted molar refractivity (Wildman–Crippen MR) is 95.7 cm³/mol. The molecule has 0 spiro atoms. The number of nitrogens with one attached hydrogen (secondary N) is 1. The number of carbonyl (C=O) groups is 1. The van der Waals surface area contributed by atoms with Gasteiger partial charge in [0.25, 0.3) is 5.91 Å². The van der Waals surface area contributed by atoms with Gasteiger partial charge in [0.05, 0.1) is 18.8 Å². The summed E-state index contributed by atoms with van der Waals surface area (Å²) in [5.74, 6) is 0.758. The van der Waals surface area contributed by atoms with Gasteiger partial charge in [-0.1, -0.05) is 23.9 Å². The molecule has 0 unspecified atom stereocenters. The van der Waals surface area contributed by atoms with Crippen molar-refractivity contribution in [1.82, 2.24) is 14.9 Å². The predicted octanol–water partition coefficient (Wildman–Crippen LogP) is 1.78. The lowest BCUT2D eigenvalue weighted by molar-refractivity contribution is 0.0954. The zero-order chi connectivity index (χ0) is 16.8. The van der Waals surface area contributed by atoms with E-state index in [9.17, 15) is 4.79 Å². The molecule has 1 aliphatic heterocycles. The molecular formula is C17H22N4O2S. The zero-order valence-electron chi connectivity index (χ0n) is 13.8. The van der Waals surface area contributed by atoms with Crippen LogP contribution in [0.4, 0.5) is 5.69 Å². The number of hydrogen-bond acceptors (Lipinski definition) is 5. The number of anilines is 1. The van der Waals surface area contributed by atoms with Crippen LogP contribution in [0.1, 0.15) is 10.4 Å². The average molecular weight is 346 g/mol. The highest BCUT2D eigenvalue weighted by atomic mass is 32.2. The molecule has 1 aromatic carbocycles. The first-order valence-corrected chi connectivity index (χ1v) is 9.04. The summed E-state index contributed by atoms with van der Waals surface area (Å²) in [5.41, 5.74) is 1.71. The number of aryl methyl sites for hydroxylation is 1. The highest BCUT2D eigenvalue weighted by Crippen LogP contribution is 2.21. The summed E-state index contributed by atoms with van der Waals surface area (Å²) in [5, 5.41) is 3.96. The Kier molecular flexibility index (Phi) is 5.77. The first kappa shape index (κ1) is 16.9. The third kappa shape index (κ3) is 4.10. The smallest absolute Gasteiger partial charge is 0.253 e. The molecule has 0 atom stereocenters. The molecule has 0 saturated carbocycles. The summed E-state index contributed by atoms with van der Waals surface area (Å²) >= 11 is 1.63. The molecule has 0 aliphatic carbocycles. The minimum atomic E-state index is -0.0301. The average Bonchev–Trinajstić information content (AvgIpc) is 3.04. The third-order valence-electron chi connectivity index (χ3n) is 3.90. The van der Waals surface area contributed by atoms with Gasteiger partial charge in [0.15, 0.2) is 5.16 Å². The second-order valence-electron chi connectivity index (χ2n) is 5.54. The van der Waals surface area contributed by atoms with Crippen LogP contribution in [0.15, 0.2) is 41.8 Å². The Hall–Kier alpha value is -1.99. The van der Waals surface area contributed by atoms with Crippen LogP contribution in [0.5, 0.6) is 0 Å². The maximum atomic E-state index is 12.5. The fourth-order valence-electron chi connectivity index (χ4n) is 2.64. The molecule has 1 amide bonds. The Morgan fingerprint density at radius 2 is 2.12 bits per heavy atom. The van der Waals surface area contributed by atoms with Gasteiger partial charge in [0.2, 0.25) is 0 Å². The molecule has 0 radical (unpaired) electrons. The molecular weight excluding hydrogens is 324 g/mol. The first-order chi connectivity index (χ1) is 11.8. The largest absolute Gasteiger partial charge is 0.378 e. The number of benzene rings is 1. The highest BCUT2D eigenvalue weighted by Gasteiger charge is 2.18. The van der Waals surface area contributed by atoms with Crippen LogP contribution >= 0.6 is 11.8 Å². The molecule has 7 heteroatoms. The van der Waals surface area contributed by atoms with Gasteiger partial charge in [-0.05, 0) is 12.1 Å². The van der Waals surface area contributed by atoms with Crippen LogP contribution in [-0.2, 0) is 11.8 Å². The van der Waals surface area contributed by atoms with Gasteiger partial charge in [0.1, 0.15) is 0 Å². The molecule has 128 valence electrons. The Balaban J connectivity index is 1.55. The van der Waals surface area contributed by atoms with Gasteiger partial charge in [-0.25, -0.2) is 4.98 Å². The second-order valence-corrected chi connectivity index (χ2v) is 6.60. The van der Waals surface area contributed by atoms with Crippen molar-refractivity contribution in [1.29, 1.82) is 0 Å². The second kappa shape index (κ2) is 8.21. The van der Waals surface area contributed by atoms with Crippen LogP contribution in [-0.4, -0.2) is 54.1 Å². The van der Waals surface area contributed by atoms with Gasteiger partial charge in [-0.2, -0.15) is 0 Å². The van der Waals surface area contributed by atoms with E-state index in [-0.39, 0.29) is 5.91 Å². The highest BCUT2D eigenvalue weighted by molar-refractivity contribution is 7.99. The van der Waals surface area contributed by atoms with E-state index in [0.717, 1.165) is 35.2 Å². The number of para-hydroxylation sites is 1. The van der Waals surface area contributed by atoms with Crippen molar-refractivity contribution in [3.63, 3.8) is 0 Å². The van der Waals surface area contributed by atoms with Crippen molar-refractivity contribution in [2.24, 2.45) is 7.05 Å².